The third-order valence-electron chi connectivity index (χ3n) is 4.91. The molecule has 2 saturated heterocycles. The fourth-order valence-corrected chi connectivity index (χ4v) is 3.41. The van der Waals surface area contributed by atoms with E-state index in [-0.39, 0.29) is 0 Å². The molecule has 0 aliphatic carbocycles. The highest BCUT2D eigenvalue weighted by Gasteiger charge is 2.38. The van der Waals surface area contributed by atoms with Gasteiger partial charge in [-0.05, 0) is 66.5 Å². The zero-order chi connectivity index (χ0) is 12.5. The molecule has 0 aromatic heterocycles. The van der Waals surface area contributed by atoms with E-state index in [1.54, 1.807) is 0 Å². The Morgan fingerprint density at radius 2 is 1.35 bits per heavy atom. The minimum absolute atomic E-state index is 0.350. The fourth-order valence-electron chi connectivity index (χ4n) is 3.41. The van der Waals surface area contributed by atoms with E-state index in [2.05, 4.69) is 37.5 Å². The molecule has 0 atom stereocenters. The lowest BCUT2D eigenvalue weighted by Crippen LogP contribution is -2.57. The molecule has 0 bridgehead atoms. The second-order valence-corrected chi connectivity index (χ2v) is 7.20. The Morgan fingerprint density at radius 1 is 0.824 bits per heavy atom. The summed E-state index contributed by atoms with van der Waals surface area (Å²) in [6.45, 7) is 14.8. The van der Waals surface area contributed by atoms with Crippen molar-refractivity contribution in [2.24, 2.45) is 0 Å². The van der Waals surface area contributed by atoms with Crippen molar-refractivity contribution >= 4 is 0 Å². The smallest absolute Gasteiger partial charge is 0.0205 e. The van der Waals surface area contributed by atoms with Crippen LogP contribution in [0.2, 0.25) is 0 Å². The lowest BCUT2D eigenvalue weighted by molar-refractivity contribution is -0.00458. The average molecular weight is 238 g/mol. The van der Waals surface area contributed by atoms with Crippen LogP contribution in [0.3, 0.4) is 0 Å². The largest absolute Gasteiger partial charge is 0.298 e. The number of nitrogens with zero attached hydrogens (tertiary/aromatic N) is 2. The van der Waals surface area contributed by atoms with Crippen LogP contribution in [0.1, 0.15) is 59.8 Å². The molecule has 0 aromatic rings. The minimum atomic E-state index is 0.350. The topological polar surface area (TPSA) is 6.48 Å². The van der Waals surface area contributed by atoms with Crippen molar-refractivity contribution < 1.29 is 0 Å². The molecule has 0 saturated carbocycles. The van der Waals surface area contributed by atoms with Gasteiger partial charge in [0.05, 0.1) is 0 Å². The maximum absolute atomic E-state index is 2.77. The fraction of sp³-hybridized carbons (Fsp3) is 1.00. The second-order valence-electron chi connectivity index (χ2n) is 7.20. The number of rotatable bonds is 1. The van der Waals surface area contributed by atoms with E-state index >= 15 is 0 Å². The summed E-state index contributed by atoms with van der Waals surface area (Å²) in [5.74, 6) is 0. The summed E-state index contributed by atoms with van der Waals surface area (Å²) in [5.41, 5.74) is 0.839. The van der Waals surface area contributed by atoms with Crippen LogP contribution in [-0.2, 0) is 0 Å². The standard InChI is InChI=1S/C15H30N2/c1-14(2,3)16-12-8-15(4,9-13-16)17-10-6-5-7-11-17/h5-13H2,1-4H3. The Balaban J connectivity index is 1.92. The van der Waals surface area contributed by atoms with Crippen molar-refractivity contribution in [1.29, 1.82) is 0 Å². The monoisotopic (exact) mass is 238 g/mol. The van der Waals surface area contributed by atoms with Gasteiger partial charge in [-0.25, -0.2) is 0 Å². The molecule has 0 radical (unpaired) electrons. The SMILES string of the molecule is CC(C)(C)N1CCC(C)(N2CCCCC2)CC1. The molecule has 100 valence electrons. The van der Waals surface area contributed by atoms with Crippen LogP contribution >= 0.6 is 0 Å². The van der Waals surface area contributed by atoms with Crippen molar-refractivity contribution in [2.45, 2.75) is 70.9 Å². The van der Waals surface area contributed by atoms with E-state index in [0.717, 1.165) is 0 Å². The molecule has 2 heterocycles. The van der Waals surface area contributed by atoms with Gasteiger partial charge >= 0.3 is 0 Å². The maximum Gasteiger partial charge on any atom is 0.0205 e. The van der Waals surface area contributed by atoms with Crippen LogP contribution in [0.4, 0.5) is 0 Å². The van der Waals surface area contributed by atoms with E-state index in [4.69, 9.17) is 0 Å². The zero-order valence-corrected chi connectivity index (χ0v) is 12.3. The third kappa shape index (κ3) is 3.03. The molecule has 17 heavy (non-hydrogen) atoms. The highest BCUT2D eigenvalue weighted by molar-refractivity contribution is 4.95. The Kier molecular flexibility index (Phi) is 3.84. The van der Waals surface area contributed by atoms with Gasteiger partial charge < -0.3 is 0 Å². The maximum atomic E-state index is 2.77. The lowest BCUT2D eigenvalue weighted by Gasteiger charge is -2.51. The highest BCUT2D eigenvalue weighted by Crippen LogP contribution is 2.33. The molecule has 0 spiro atoms. The van der Waals surface area contributed by atoms with Crippen molar-refractivity contribution in [1.82, 2.24) is 9.80 Å². The number of piperidine rings is 2. The summed E-state index contributed by atoms with van der Waals surface area (Å²) in [6, 6.07) is 0. The second kappa shape index (κ2) is 4.89. The number of likely N-dealkylation sites (tertiary alicyclic amines) is 2. The molecule has 2 nitrogen and oxygen atoms in total. The van der Waals surface area contributed by atoms with Gasteiger partial charge in [-0.2, -0.15) is 0 Å². The summed E-state index contributed by atoms with van der Waals surface area (Å²) in [5, 5.41) is 0. The minimum Gasteiger partial charge on any atom is -0.298 e. The quantitative estimate of drug-likeness (QED) is 0.692. The van der Waals surface area contributed by atoms with Crippen LogP contribution in [-0.4, -0.2) is 47.1 Å². The third-order valence-corrected chi connectivity index (χ3v) is 4.91. The Morgan fingerprint density at radius 3 is 1.82 bits per heavy atom. The summed E-state index contributed by atoms with van der Waals surface area (Å²) < 4.78 is 0. The molecule has 2 aliphatic heterocycles. The first-order valence-electron chi connectivity index (χ1n) is 7.42. The Hall–Kier alpha value is -0.0800. The number of hydrogen-bond acceptors (Lipinski definition) is 2. The summed E-state index contributed by atoms with van der Waals surface area (Å²) >= 11 is 0. The van der Waals surface area contributed by atoms with E-state index in [1.807, 2.05) is 0 Å². The first kappa shape index (κ1) is 13.4. The molecule has 2 heteroatoms. The Bertz CT molecular complexity index is 240. The van der Waals surface area contributed by atoms with Gasteiger partial charge in [-0.3, -0.25) is 9.80 Å². The Labute approximate surface area is 107 Å². The van der Waals surface area contributed by atoms with Gasteiger partial charge in [-0.15, -0.1) is 0 Å². The van der Waals surface area contributed by atoms with Gasteiger partial charge in [0.25, 0.3) is 0 Å². The van der Waals surface area contributed by atoms with Gasteiger partial charge in [0.2, 0.25) is 0 Å². The van der Waals surface area contributed by atoms with Crippen molar-refractivity contribution in [3.05, 3.63) is 0 Å². The zero-order valence-electron chi connectivity index (χ0n) is 12.3. The molecule has 0 amide bonds. The molecular weight excluding hydrogens is 208 g/mol. The van der Waals surface area contributed by atoms with Crippen LogP contribution in [0.5, 0.6) is 0 Å². The first-order valence-corrected chi connectivity index (χ1v) is 7.42. The number of hydrogen-bond donors (Lipinski definition) is 0. The van der Waals surface area contributed by atoms with Crippen molar-refractivity contribution in [2.75, 3.05) is 26.2 Å². The molecule has 2 rings (SSSR count). The summed E-state index contributed by atoms with van der Waals surface area (Å²) in [4.78, 5) is 5.43. The predicted molar refractivity (Wildman–Crippen MR) is 74.4 cm³/mol. The lowest BCUT2D eigenvalue weighted by atomic mass is 9.84. The highest BCUT2D eigenvalue weighted by atomic mass is 15.3. The van der Waals surface area contributed by atoms with E-state index < -0.39 is 0 Å². The van der Waals surface area contributed by atoms with Gasteiger partial charge in [-0.1, -0.05) is 6.42 Å². The first-order chi connectivity index (χ1) is 7.92. The molecule has 0 N–H and O–H groups in total. The van der Waals surface area contributed by atoms with Crippen LogP contribution in [0.25, 0.3) is 0 Å². The van der Waals surface area contributed by atoms with Crippen molar-refractivity contribution in [3.63, 3.8) is 0 Å². The summed E-state index contributed by atoms with van der Waals surface area (Å²) in [6.07, 6.45) is 6.98. The molecule has 0 unspecified atom stereocenters. The van der Waals surface area contributed by atoms with Crippen LogP contribution in [0.15, 0.2) is 0 Å². The molecule has 2 fully saturated rings. The van der Waals surface area contributed by atoms with Gasteiger partial charge in [0.1, 0.15) is 0 Å². The average Bonchev–Trinajstić information content (AvgIpc) is 2.29. The molecular formula is C15H30N2. The van der Waals surface area contributed by atoms with Crippen LogP contribution < -0.4 is 0 Å². The van der Waals surface area contributed by atoms with E-state index in [0.29, 0.717) is 11.1 Å². The van der Waals surface area contributed by atoms with E-state index in [9.17, 15) is 0 Å². The molecule has 0 aromatic carbocycles. The molecule has 2 aliphatic rings. The van der Waals surface area contributed by atoms with Gasteiger partial charge in [0, 0.05) is 24.2 Å². The van der Waals surface area contributed by atoms with Crippen LogP contribution in [0, 0.1) is 0 Å². The van der Waals surface area contributed by atoms with Gasteiger partial charge in [0.15, 0.2) is 0 Å². The normalized spacial score (nSPS) is 28.2. The summed E-state index contributed by atoms with van der Waals surface area (Å²) in [7, 11) is 0. The van der Waals surface area contributed by atoms with Crippen molar-refractivity contribution in [3.8, 4) is 0 Å². The predicted octanol–water partition coefficient (Wildman–Crippen LogP) is 3.13. The van der Waals surface area contributed by atoms with E-state index in [1.165, 1.54) is 58.3 Å².